The van der Waals surface area contributed by atoms with Crippen LogP contribution in [0.25, 0.3) is 16.6 Å². The summed E-state index contributed by atoms with van der Waals surface area (Å²) in [6.45, 7) is 6.90. The summed E-state index contributed by atoms with van der Waals surface area (Å²) in [6.07, 6.45) is 2.64. The molecule has 0 unspecified atom stereocenters. The minimum atomic E-state index is -3.64. The quantitative estimate of drug-likeness (QED) is 0.620. The van der Waals surface area contributed by atoms with Crippen molar-refractivity contribution < 1.29 is 13.2 Å². The van der Waals surface area contributed by atoms with Crippen molar-refractivity contribution >= 4 is 44.3 Å². The van der Waals surface area contributed by atoms with Gasteiger partial charge in [-0.15, -0.1) is 0 Å². The first-order valence-electron chi connectivity index (χ1n) is 9.35. The maximum absolute atomic E-state index is 12.2. The van der Waals surface area contributed by atoms with Crippen LogP contribution in [0.15, 0.2) is 30.5 Å². The lowest BCUT2D eigenvalue weighted by Gasteiger charge is -2.21. The van der Waals surface area contributed by atoms with Crippen LogP contribution in [0.4, 0.5) is 5.82 Å². The van der Waals surface area contributed by atoms with E-state index < -0.39 is 15.9 Å². The van der Waals surface area contributed by atoms with Crippen LogP contribution in [0.5, 0.6) is 0 Å². The lowest BCUT2D eigenvalue weighted by Crippen LogP contribution is -2.29. The van der Waals surface area contributed by atoms with Crippen LogP contribution in [0.3, 0.4) is 0 Å². The van der Waals surface area contributed by atoms with Gasteiger partial charge in [-0.1, -0.05) is 25.4 Å². The fraction of sp³-hybridized carbons (Fsp3) is 0.350. The molecule has 0 saturated heterocycles. The van der Waals surface area contributed by atoms with E-state index in [1.54, 1.807) is 35.1 Å². The Balaban J connectivity index is 1.99. The number of hydrogen-bond donors (Lipinski definition) is 1. The van der Waals surface area contributed by atoms with Gasteiger partial charge in [-0.3, -0.25) is 4.79 Å². The molecule has 10 heteroatoms. The second kappa shape index (κ2) is 8.23. The van der Waals surface area contributed by atoms with Gasteiger partial charge in [0.15, 0.2) is 0 Å². The number of benzene rings is 1. The molecule has 0 spiro atoms. The number of anilines is 1. The fourth-order valence-corrected chi connectivity index (χ4v) is 4.04. The maximum atomic E-state index is 12.2. The van der Waals surface area contributed by atoms with Gasteiger partial charge >= 0.3 is 0 Å². The summed E-state index contributed by atoms with van der Waals surface area (Å²) in [6, 6.07) is 6.70. The Hall–Kier alpha value is -2.65. The Morgan fingerprint density at radius 3 is 2.60 bits per heavy atom. The van der Waals surface area contributed by atoms with Crippen molar-refractivity contribution in [1.29, 1.82) is 0 Å². The minimum Gasteiger partial charge on any atom is -0.358 e. The Morgan fingerprint density at radius 1 is 1.30 bits per heavy atom. The molecule has 0 fully saturated rings. The molecule has 0 radical (unpaired) electrons. The number of hydrogen-bond acceptors (Lipinski definition) is 6. The largest absolute Gasteiger partial charge is 0.358 e. The molecule has 2 heterocycles. The Morgan fingerprint density at radius 2 is 2.00 bits per heavy atom. The van der Waals surface area contributed by atoms with Gasteiger partial charge in [0.1, 0.15) is 5.82 Å². The third kappa shape index (κ3) is 4.73. The van der Waals surface area contributed by atoms with Gasteiger partial charge in [-0.25, -0.2) is 22.8 Å². The number of sulfonamides is 1. The molecule has 3 rings (SSSR count). The predicted molar refractivity (Wildman–Crippen MR) is 119 cm³/mol. The van der Waals surface area contributed by atoms with Crippen molar-refractivity contribution in [2.24, 2.45) is 5.92 Å². The van der Waals surface area contributed by atoms with Crippen LogP contribution >= 0.6 is 11.6 Å². The summed E-state index contributed by atoms with van der Waals surface area (Å²) in [7, 11) is -1.69. The van der Waals surface area contributed by atoms with Crippen molar-refractivity contribution in [2.75, 3.05) is 24.7 Å². The van der Waals surface area contributed by atoms with Gasteiger partial charge in [-0.05, 0) is 37.1 Å². The number of nitrogens with one attached hydrogen (secondary N) is 1. The van der Waals surface area contributed by atoms with E-state index in [1.165, 1.54) is 0 Å². The standard InChI is InChI=1S/C20H24ClN5O3S/c1-12(2)11-25(4)19-17(21)9-15(10-22-19)26-18-7-6-14(8-16(18)13(3)23-26)20(27)24-30(5,28)29/h6-10,12H,11H2,1-5H3,(H,24,27). The second-order valence-corrected chi connectivity index (χ2v) is 9.86. The van der Waals surface area contributed by atoms with E-state index in [0.29, 0.717) is 28.1 Å². The highest BCUT2D eigenvalue weighted by atomic mass is 35.5. The van der Waals surface area contributed by atoms with E-state index in [2.05, 4.69) is 23.9 Å². The van der Waals surface area contributed by atoms with Crippen molar-refractivity contribution in [3.63, 3.8) is 0 Å². The lowest BCUT2D eigenvalue weighted by molar-refractivity contribution is 0.0982. The Labute approximate surface area is 180 Å². The van der Waals surface area contributed by atoms with Crippen LogP contribution in [0.1, 0.15) is 29.9 Å². The average Bonchev–Trinajstić information content (AvgIpc) is 2.96. The van der Waals surface area contributed by atoms with Crippen molar-refractivity contribution in [1.82, 2.24) is 19.5 Å². The van der Waals surface area contributed by atoms with Gasteiger partial charge < -0.3 is 4.90 Å². The third-order valence-corrected chi connectivity index (χ3v) is 5.29. The predicted octanol–water partition coefficient (Wildman–Crippen LogP) is 3.16. The maximum Gasteiger partial charge on any atom is 0.264 e. The topological polar surface area (TPSA) is 97.2 Å². The normalized spacial score (nSPS) is 11.8. The van der Waals surface area contributed by atoms with Crippen LogP contribution in [0.2, 0.25) is 5.02 Å². The van der Waals surface area contributed by atoms with E-state index in [9.17, 15) is 13.2 Å². The fourth-order valence-electron chi connectivity index (χ4n) is 3.29. The van der Waals surface area contributed by atoms with Crippen molar-refractivity contribution in [3.8, 4) is 5.69 Å². The summed E-state index contributed by atoms with van der Waals surface area (Å²) >= 11 is 6.49. The molecule has 30 heavy (non-hydrogen) atoms. The molecular formula is C20H24ClN5O3S. The van der Waals surface area contributed by atoms with E-state index in [0.717, 1.165) is 23.7 Å². The molecule has 8 nitrogen and oxygen atoms in total. The summed E-state index contributed by atoms with van der Waals surface area (Å²) in [4.78, 5) is 18.7. The molecule has 1 N–H and O–H groups in total. The highest BCUT2D eigenvalue weighted by Gasteiger charge is 2.17. The zero-order chi connectivity index (χ0) is 22.2. The summed E-state index contributed by atoms with van der Waals surface area (Å²) < 4.78 is 26.3. The first-order valence-corrected chi connectivity index (χ1v) is 11.6. The summed E-state index contributed by atoms with van der Waals surface area (Å²) in [5.41, 5.74) is 2.37. The molecule has 0 aliphatic heterocycles. The number of aromatic nitrogens is 3. The second-order valence-electron chi connectivity index (χ2n) is 7.71. The lowest BCUT2D eigenvalue weighted by atomic mass is 10.1. The zero-order valence-corrected chi connectivity index (χ0v) is 19.0. The number of amides is 1. The van der Waals surface area contributed by atoms with Crippen molar-refractivity contribution in [2.45, 2.75) is 20.8 Å². The monoisotopic (exact) mass is 449 g/mol. The van der Waals surface area contributed by atoms with Gasteiger partial charge in [0.2, 0.25) is 10.0 Å². The Kier molecular flexibility index (Phi) is 6.05. The molecule has 3 aromatic rings. The zero-order valence-electron chi connectivity index (χ0n) is 17.5. The molecule has 160 valence electrons. The number of fused-ring (bicyclic) bond motifs is 1. The number of carbonyl (C=O) groups is 1. The molecule has 2 aromatic heterocycles. The number of pyridine rings is 1. The third-order valence-electron chi connectivity index (χ3n) is 4.46. The molecule has 0 atom stereocenters. The number of aryl methyl sites for hydroxylation is 1. The first-order chi connectivity index (χ1) is 14.0. The van der Waals surface area contributed by atoms with Crippen molar-refractivity contribution in [3.05, 3.63) is 46.7 Å². The summed E-state index contributed by atoms with van der Waals surface area (Å²) in [5, 5.41) is 5.80. The smallest absolute Gasteiger partial charge is 0.264 e. The number of nitrogens with zero attached hydrogens (tertiary/aromatic N) is 4. The average molecular weight is 450 g/mol. The SMILES string of the molecule is Cc1nn(-c2cnc(N(C)CC(C)C)c(Cl)c2)c2ccc(C(=O)NS(C)(=O)=O)cc12. The highest BCUT2D eigenvalue weighted by Crippen LogP contribution is 2.28. The van der Waals surface area contributed by atoms with Gasteiger partial charge in [0, 0.05) is 24.5 Å². The molecule has 0 saturated carbocycles. The van der Waals surface area contributed by atoms with Gasteiger partial charge in [-0.2, -0.15) is 5.10 Å². The molecule has 1 aromatic carbocycles. The number of carbonyl (C=O) groups excluding carboxylic acids is 1. The van der Waals surface area contributed by atoms with Crippen LogP contribution in [0, 0.1) is 12.8 Å². The van der Waals surface area contributed by atoms with Crippen LogP contribution in [-0.4, -0.2) is 48.9 Å². The van der Waals surface area contributed by atoms with Gasteiger partial charge in [0.05, 0.1) is 34.4 Å². The number of rotatable bonds is 6. The molecular weight excluding hydrogens is 426 g/mol. The number of halogens is 1. The highest BCUT2D eigenvalue weighted by molar-refractivity contribution is 7.89. The van der Waals surface area contributed by atoms with Gasteiger partial charge in [0.25, 0.3) is 5.91 Å². The van der Waals surface area contributed by atoms with E-state index in [4.69, 9.17) is 11.6 Å². The molecule has 1 amide bonds. The van der Waals surface area contributed by atoms with E-state index in [-0.39, 0.29) is 5.56 Å². The summed E-state index contributed by atoms with van der Waals surface area (Å²) in [5.74, 6) is 0.482. The molecule has 0 aliphatic carbocycles. The van der Waals surface area contributed by atoms with E-state index in [1.807, 2.05) is 23.6 Å². The first kappa shape index (κ1) is 22.0. The Bertz CT molecular complexity index is 1220. The van der Waals surface area contributed by atoms with Crippen LogP contribution < -0.4 is 9.62 Å². The molecule has 0 aliphatic rings. The van der Waals surface area contributed by atoms with Crippen LogP contribution in [-0.2, 0) is 10.0 Å². The molecule has 0 bridgehead atoms. The van der Waals surface area contributed by atoms with E-state index >= 15 is 0 Å². The minimum absolute atomic E-state index is 0.234.